The molecule has 1 aliphatic rings. The Hall–Kier alpha value is -3.09. The highest BCUT2D eigenvalue weighted by atomic mass is 16.5. The normalized spacial score (nSPS) is 14.1. The number of rotatable bonds is 7. The molecule has 0 radical (unpaired) electrons. The fourth-order valence-electron chi connectivity index (χ4n) is 3.48. The van der Waals surface area contributed by atoms with Crippen LogP contribution in [0, 0.1) is 0 Å². The molecule has 0 atom stereocenters. The molecule has 0 unspecified atom stereocenters. The van der Waals surface area contributed by atoms with Gasteiger partial charge in [0.2, 0.25) is 0 Å². The highest BCUT2D eigenvalue weighted by molar-refractivity contribution is 5.98. The zero-order valence-corrected chi connectivity index (χ0v) is 16.9. The summed E-state index contributed by atoms with van der Waals surface area (Å²) in [7, 11) is 3.14. The lowest BCUT2D eigenvalue weighted by atomic mass is 9.95. The molecule has 0 spiro atoms. The zero-order valence-electron chi connectivity index (χ0n) is 16.9. The topological polar surface area (TPSA) is 89.5 Å². The number of carbonyl (C=O) groups is 2. The second kappa shape index (κ2) is 9.91. The molecule has 1 heterocycles. The first-order chi connectivity index (χ1) is 14.1. The van der Waals surface area contributed by atoms with Crippen LogP contribution in [-0.2, 0) is 6.54 Å². The molecule has 154 valence electrons. The van der Waals surface area contributed by atoms with E-state index in [1.54, 1.807) is 32.4 Å². The van der Waals surface area contributed by atoms with E-state index >= 15 is 0 Å². The van der Waals surface area contributed by atoms with Gasteiger partial charge < -0.3 is 20.1 Å². The summed E-state index contributed by atoms with van der Waals surface area (Å²) in [6, 6.07) is 8.82. The van der Waals surface area contributed by atoms with E-state index < -0.39 is 0 Å². The van der Waals surface area contributed by atoms with E-state index in [2.05, 4.69) is 15.6 Å². The quantitative estimate of drug-likeness (QED) is 0.749. The Morgan fingerprint density at radius 1 is 1.00 bits per heavy atom. The number of pyridine rings is 1. The van der Waals surface area contributed by atoms with Crippen LogP contribution < -0.4 is 20.1 Å². The number of ether oxygens (including phenoxy) is 2. The van der Waals surface area contributed by atoms with E-state index in [1.807, 2.05) is 6.07 Å². The van der Waals surface area contributed by atoms with Crippen LogP contribution in [0.5, 0.6) is 11.5 Å². The summed E-state index contributed by atoms with van der Waals surface area (Å²) in [5, 5.41) is 5.88. The van der Waals surface area contributed by atoms with Crippen LogP contribution >= 0.6 is 0 Å². The van der Waals surface area contributed by atoms with Crippen molar-refractivity contribution in [3.63, 3.8) is 0 Å². The maximum Gasteiger partial charge on any atom is 0.270 e. The van der Waals surface area contributed by atoms with E-state index in [-0.39, 0.29) is 23.6 Å². The number of nitrogens with one attached hydrogen (secondary N) is 2. The van der Waals surface area contributed by atoms with Gasteiger partial charge in [0.1, 0.15) is 5.69 Å². The first-order valence-corrected chi connectivity index (χ1v) is 9.86. The van der Waals surface area contributed by atoms with E-state index in [0.29, 0.717) is 23.6 Å². The van der Waals surface area contributed by atoms with Gasteiger partial charge in [-0.1, -0.05) is 25.3 Å². The molecule has 0 saturated heterocycles. The Kier molecular flexibility index (Phi) is 7.05. The molecular weight excluding hydrogens is 370 g/mol. The van der Waals surface area contributed by atoms with Crippen molar-refractivity contribution in [2.24, 2.45) is 0 Å². The molecule has 29 heavy (non-hydrogen) atoms. The fraction of sp³-hybridized carbons (Fsp3) is 0.409. The van der Waals surface area contributed by atoms with Crippen LogP contribution in [0.3, 0.4) is 0 Å². The minimum Gasteiger partial charge on any atom is -0.493 e. The number of benzene rings is 1. The van der Waals surface area contributed by atoms with Gasteiger partial charge in [0.25, 0.3) is 11.8 Å². The summed E-state index contributed by atoms with van der Waals surface area (Å²) in [5.74, 6) is 0.722. The van der Waals surface area contributed by atoms with Crippen molar-refractivity contribution >= 4 is 11.8 Å². The van der Waals surface area contributed by atoms with Crippen LogP contribution in [0.2, 0.25) is 0 Å². The third-order valence-corrected chi connectivity index (χ3v) is 5.10. The van der Waals surface area contributed by atoms with Crippen molar-refractivity contribution in [1.29, 1.82) is 0 Å². The lowest BCUT2D eigenvalue weighted by Gasteiger charge is -2.22. The summed E-state index contributed by atoms with van der Waals surface area (Å²) < 4.78 is 10.5. The van der Waals surface area contributed by atoms with Crippen molar-refractivity contribution in [3.8, 4) is 11.5 Å². The smallest absolute Gasteiger partial charge is 0.270 e. The third-order valence-electron chi connectivity index (χ3n) is 5.10. The Bertz CT molecular complexity index is 863. The van der Waals surface area contributed by atoms with Gasteiger partial charge in [0.15, 0.2) is 11.5 Å². The molecule has 2 N–H and O–H groups in total. The fourth-order valence-corrected chi connectivity index (χ4v) is 3.48. The second-order valence-corrected chi connectivity index (χ2v) is 7.11. The Morgan fingerprint density at radius 3 is 2.48 bits per heavy atom. The summed E-state index contributed by atoms with van der Waals surface area (Å²) in [5.41, 5.74) is 1.52. The van der Waals surface area contributed by atoms with Crippen LogP contribution in [0.25, 0.3) is 0 Å². The van der Waals surface area contributed by atoms with E-state index in [0.717, 1.165) is 31.2 Å². The number of amides is 2. The second-order valence-electron chi connectivity index (χ2n) is 7.11. The van der Waals surface area contributed by atoms with Crippen molar-refractivity contribution < 1.29 is 19.1 Å². The molecule has 0 aliphatic heterocycles. The summed E-state index contributed by atoms with van der Waals surface area (Å²) in [6.45, 7) is 0.305. The predicted molar refractivity (Wildman–Crippen MR) is 109 cm³/mol. The largest absolute Gasteiger partial charge is 0.493 e. The number of nitrogens with zero attached hydrogens (tertiary/aromatic N) is 1. The maximum atomic E-state index is 12.5. The first kappa shape index (κ1) is 20.6. The summed E-state index contributed by atoms with van der Waals surface area (Å²) in [4.78, 5) is 29.1. The van der Waals surface area contributed by atoms with Crippen molar-refractivity contribution in [3.05, 3.63) is 53.3 Å². The molecule has 7 heteroatoms. The summed E-state index contributed by atoms with van der Waals surface area (Å²) in [6.07, 6.45) is 7.02. The Labute approximate surface area is 170 Å². The van der Waals surface area contributed by atoms with E-state index in [9.17, 15) is 9.59 Å². The molecule has 1 aromatic carbocycles. The first-order valence-electron chi connectivity index (χ1n) is 9.86. The van der Waals surface area contributed by atoms with Crippen molar-refractivity contribution in [2.45, 2.75) is 44.7 Å². The van der Waals surface area contributed by atoms with Gasteiger partial charge in [-0.25, -0.2) is 0 Å². The Morgan fingerprint density at radius 2 is 1.76 bits per heavy atom. The third kappa shape index (κ3) is 5.47. The lowest BCUT2D eigenvalue weighted by Crippen LogP contribution is -2.36. The summed E-state index contributed by atoms with van der Waals surface area (Å²) >= 11 is 0. The average molecular weight is 397 g/mol. The number of carbonyl (C=O) groups excluding carboxylic acids is 2. The molecule has 1 saturated carbocycles. The van der Waals surface area contributed by atoms with E-state index in [1.165, 1.54) is 18.7 Å². The van der Waals surface area contributed by atoms with Crippen LogP contribution in [0.15, 0.2) is 36.5 Å². The maximum absolute atomic E-state index is 12.5. The molecule has 7 nitrogen and oxygen atoms in total. The highest BCUT2D eigenvalue weighted by Gasteiger charge is 2.18. The molecule has 3 rings (SSSR count). The molecule has 1 aromatic heterocycles. The van der Waals surface area contributed by atoms with E-state index in [4.69, 9.17) is 9.47 Å². The van der Waals surface area contributed by atoms with Gasteiger partial charge in [-0.3, -0.25) is 14.6 Å². The Balaban J connectivity index is 1.61. The number of hydrogen-bond donors (Lipinski definition) is 2. The monoisotopic (exact) mass is 397 g/mol. The zero-order chi connectivity index (χ0) is 20.6. The van der Waals surface area contributed by atoms with Gasteiger partial charge in [-0.2, -0.15) is 0 Å². The minimum absolute atomic E-state index is 0.159. The molecule has 2 amide bonds. The lowest BCUT2D eigenvalue weighted by molar-refractivity contribution is 0.0927. The molecule has 0 bridgehead atoms. The van der Waals surface area contributed by atoms with Gasteiger partial charge in [-0.05, 0) is 42.7 Å². The van der Waals surface area contributed by atoms with Gasteiger partial charge >= 0.3 is 0 Å². The average Bonchev–Trinajstić information content (AvgIpc) is 2.78. The van der Waals surface area contributed by atoms with Crippen molar-refractivity contribution in [2.75, 3.05) is 14.2 Å². The van der Waals surface area contributed by atoms with Crippen LogP contribution in [0.1, 0.15) is 58.5 Å². The molecular formula is C22H27N3O4. The number of aromatic nitrogens is 1. The van der Waals surface area contributed by atoms with Gasteiger partial charge in [-0.15, -0.1) is 0 Å². The molecule has 1 aliphatic carbocycles. The van der Waals surface area contributed by atoms with Crippen molar-refractivity contribution in [1.82, 2.24) is 15.6 Å². The van der Waals surface area contributed by atoms with Crippen LogP contribution in [0.4, 0.5) is 0 Å². The SMILES string of the molecule is COc1ccc(CNC(=O)c2cc(C(=O)NC3CCCCC3)ccn2)cc1OC. The number of methoxy groups -OCH3 is 2. The van der Waals surface area contributed by atoms with Gasteiger partial charge in [0.05, 0.1) is 14.2 Å². The van der Waals surface area contributed by atoms with Gasteiger partial charge in [0, 0.05) is 24.3 Å². The highest BCUT2D eigenvalue weighted by Crippen LogP contribution is 2.27. The predicted octanol–water partition coefficient (Wildman–Crippen LogP) is 3.09. The molecule has 1 fully saturated rings. The number of hydrogen-bond acceptors (Lipinski definition) is 5. The molecule has 2 aromatic rings. The van der Waals surface area contributed by atoms with Crippen LogP contribution in [-0.4, -0.2) is 37.1 Å². The standard InChI is InChI=1S/C22H27N3O4/c1-28-19-9-8-15(12-20(19)29-2)14-24-22(27)18-13-16(10-11-23-18)21(26)25-17-6-4-3-5-7-17/h8-13,17H,3-7,14H2,1-2H3,(H,24,27)(H,25,26). The minimum atomic E-state index is -0.341.